The number of ether oxygens (including phenoxy) is 1. The Hall–Kier alpha value is -1.44. The van der Waals surface area contributed by atoms with Crippen molar-refractivity contribution >= 4 is 23.2 Å². The summed E-state index contributed by atoms with van der Waals surface area (Å²) < 4.78 is 5.50. The van der Waals surface area contributed by atoms with Crippen molar-refractivity contribution in [3.8, 4) is 0 Å². The average Bonchev–Trinajstić information content (AvgIpc) is 3.29. The van der Waals surface area contributed by atoms with Gasteiger partial charge in [0.2, 0.25) is 11.8 Å². The number of carbonyl (C=O) groups is 2. The molecule has 0 bridgehead atoms. The second kappa shape index (κ2) is 9.31. The molecule has 1 aromatic rings. The number of morpholine rings is 1. The third-order valence-electron chi connectivity index (χ3n) is 4.85. The van der Waals surface area contributed by atoms with Crippen molar-refractivity contribution in [2.45, 2.75) is 31.7 Å². The zero-order valence-electron chi connectivity index (χ0n) is 14.6. The van der Waals surface area contributed by atoms with Gasteiger partial charge in [-0.05, 0) is 48.3 Å². The second-order valence-electron chi connectivity index (χ2n) is 6.73. The fourth-order valence-electron chi connectivity index (χ4n) is 3.47. The molecule has 1 N–H and O–H groups in total. The molecule has 2 amide bonds. The van der Waals surface area contributed by atoms with Gasteiger partial charge >= 0.3 is 0 Å². The minimum atomic E-state index is -0.160. The van der Waals surface area contributed by atoms with Crippen molar-refractivity contribution in [1.29, 1.82) is 0 Å². The van der Waals surface area contributed by atoms with Gasteiger partial charge in [0.25, 0.3) is 0 Å². The Kier molecular flexibility index (Phi) is 6.84. The highest BCUT2D eigenvalue weighted by atomic mass is 32.1. The van der Waals surface area contributed by atoms with Gasteiger partial charge in [0.15, 0.2) is 0 Å². The molecule has 1 atom stereocenters. The fraction of sp³-hybridized carbons (Fsp3) is 0.667. The number of carbonyl (C=O) groups excluding carboxylic acids is 2. The lowest BCUT2D eigenvalue weighted by molar-refractivity contribution is -0.141. The van der Waals surface area contributed by atoms with Crippen molar-refractivity contribution in [3.63, 3.8) is 0 Å². The molecule has 2 aliphatic rings. The molecule has 0 aromatic carbocycles. The highest BCUT2D eigenvalue weighted by Gasteiger charge is 2.29. The SMILES string of the molecule is O=C(C[C@@H]1COCCN1C(=O)Cc1ccsc1)NCCN1CCCC1. The summed E-state index contributed by atoms with van der Waals surface area (Å²) in [6.07, 6.45) is 3.23. The monoisotopic (exact) mass is 365 g/mol. The molecule has 0 saturated carbocycles. The van der Waals surface area contributed by atoms with Crippen LogP contribution in [-0.4, -0.2) is 73.6 Å². The first-order valence-corrected chi connectivity index (χ1v) is 10.0. The largest absolute Gasteiger partial charge is 0.377 e. The van der Waals surface area contributed by atoms with Crippen LogP contribution in [0.2, 0.25) is 0 Å². The van der Waals surface area contributed by atoms with Gasteiger partial charge in [0, 0.05) is 26.1 Å². The minimum absolute atomic E-state index is 0.00281. The molecule has 0 spiro atoms. The number of hydrogen-bond donors (Lipinski definition) is 1. The van der Waals surface area contributed by atoms with Crippen LogP contribution >= 0.6 is 11.3 Å². The molecule has 3 rings (SSSR count). The lowest BCUT2D eigenvalue weighted by Crippen LogP contribution is -2.51. The quantitative estimate of drug-likeness (QED) is 0.787. The van der Waals surface area contributed by atoms with Crippen LogP contribution in [0.15, 0.2) is 16.8 Å². The van der Waals surface area contributed by atoms with Gasteiger partial charge in [0.05, 0.1) is 25.7 Å². The summed E-state index contributed by atoms with van der Waals surface area (Å²) in [5, 5.41) is 6.97. The fourth-order valence-corrected chi connectivity index (χ4v) is 4.14. The molecule has 1 aromatic heterocycles. The normalized spacial score (nSPS) is 21.4. The molecule has 2 saturated heterocycles. The molecule has 0 unspecified atom stereocenters. The molecule has 25 heavy (non-hydrogen) atoms. The first kappa shape index (κ1) is 18.4. The Morgan fingerprint density at radius 1 is 1.28 bits per heavy atom. The molecular formula is C18H27N3O3S. The molecule has 2 fully saturated rings. The number of rotatable bonds is 7. The van der Waals surface area contributed by atoms with Crippen molar-refractivity contribution in [3.05, 3.63) is 22.4 Å². The predicted molar refractivity (Wildman–Crippen MR) is 97.6 cm³/mol. The maximum Gasteiger partial charge on any atom is 0.227 e. The van der Waals surface area contributed by atoms with Crippen LogP contribution in [0.4, 0.5) is 0 Å². The van der Waals surface area contributed by atoms with Crippen LogP contribution in [0.5, 0.6) is 0 Å². The summed E-state index contributed by atoms with van der Waals surface area (Å²) in [5.41, 5.74) is 1.04. The maximum absolute atomic E-state index is 12.6. The van der Waals surface area contributed by atoms with E-state index in [4.69, 9.17) is 4.74 Å². The number of likely N-dealkylation sites (tertiary alicyclic amines) is 1. The maximum atomic E-state index is 12.6. The van der Waals surface area contributed by atoms with Gasteiger partial charge < -0.3 is 19.9 Å². The molecular weight excluding hydrogens is 338 g/mol. The van der Waals surface area contributed by atoms with Crippen molar-refractivity contribution in [1.82, 2.24) is 15.1 Å². The third kappa shape index (κ3) is 5.52. The van der Waals surface area contributed by atoms with Crippen LogP contribution in [-0.2, 0) is 20.7 Å². The Morgan fingerprint density at radius 2 is 2.12 bits per heavy atom. The lowest BCUT2D eigenvalue weighted by atomic mass is 10.1. The number of hydrogen-bond acceptors (Lipinski definition) is 5. The Labute approximate surface area is 153 Å². The van der Waals surface area contributed by atoms with E-state index in [1.807, 2.05) is 21.7 Å². The van der Waals surface area contributed by atoms with Crippen molar-refractivity contribution in [2.75, 3.05) is 45.9 Å². The lowest BCUT2D eigenvalue weighted by Gasteiger charge is -2.35. The summed E-state index contributed by atoms with van der Waals surface area (Å²) >= 11 is 1.60. The smallest absolute Gasteiger partial charge is 0.227 e. The molecule has 138 valence electrons. The van der Waals surface area contributed by atoms with E-state index in [0.29, 0.717) is 39.1 Å². The van der Waals surface area contributed by atoms with Gasteiger partial charge in [0.1, 0.15) is 0 Å². The van der Waals surface area contributed by atoms with Gasteiger partial charge in [-0.1, -0.05) is 0 Å². The Bertz CT molecular complexity index is 558. The molecule has 0 radical (unpaired) electrons. The van der Waals surface area contributed by atoms with E-state index >= 15 is 0 Å². The average molecular weight is 365 g/mol. The standard InChI is InChI=1S/C18H27N3O3S/c22-17(19-4-7-20-5-1-2-6-20)12-16-13-24-9-8-21(16)18(23)11-15-3-10-25-14-15/h3,10,14,16H,1-2,4-9,11-13H2,(H,19,22)/t16-/m1/s1. The number of amides is 2. The highest BCUT2D eigenvalue weighted by Crippen LogP contribution is 2.15. The van der Waals surface area contributed by atoms with Crippen LogP contribution in [0.25, 0.3) is 0 Å². The van der Waals surface area contributed by atoms with E-state index in [2.05, 4.69) is 10.2 Å². The topological polar surface area (TPSA) is 61.9 Å². The van der Waals surface area contributed by atoms with Crippen molar-refractivity contribution in [2.24, 2.45) is 0 Å². The van der Waals surface area contributed by atoms with E-state index in [1.54, 1.807) is 11.3 Å². The highest BCUT2D eigenvalue weighted by molar-refractivity contribution is 7.08. The van der Waals surface area contributed by atoms with Crippen LogP contribution in [0.1, 0.15) is 24.8 Å². The van der Waals surface area contributed by atoms with E-state index in [9.17, 15) is 9.59 Å². The predicted octanol–water partition coefficient (Wildman–Crippen LogP) is 1.12. The first-order chi connectivity index (χ1) is 12.2. The van der Waals surface area contributed by atoms with Gasteiger partial charge in [-0.15, -0.1) is 0 Å². The second-order valence-corrected chi connectivity index (χ2v) is 7.51. The molecule has 3 heterocycles. The van der Waals surface area contributed by atoms with Crippen LogP contribution < -0.4 is 5.32 Å². The molecule has 2 aliphatic heterocycles. The van der Waals surface area contributed by atoms with Crippen LogP contribution in [0.3, 0.4) is 0 Å². The summed E-state index contributed by atoms with van der Waals surface area (Å²) in [4.78, 5) is 29.0. The van der Waals surface area contributed by atoms with E-state index < -0.39 is 0 Å². The van der Waals surface area contributed by atoms with Gasteiger partial charge in [-0.3, -0.25) is 9.59 Å². The number of nitrogens with zero attached hydrogens (tertiary/aromatic N) is 2. The van der Waals surface area contributed by atoms with Crippen LogP contribution in [0, 0.1) is 0 Å². The van der Waals surface area contributed by atoms with Gasteiger partial charge in [-0.2, -0.15) is 11.3 Å². The van der Waals surface area contributed by atoms with E-state index in [0.717, 1.165) is 25.2 Å². The summed E-state index contributed by atoms with van der Waals surface area (Å²) in [5.74, 6) is 0.0830. The minimum Gasteiger partial charge on any atom is -0.377 e. The zero-order valence-corrected chi connectivity index (χ0v) is 15.4. The number of nitrogens with one attached hydrogen (secondary N) is 1. The molecule has 6 nitrogen and oxygen atoms in total. The van der Waals surface area contributed by atoms with Gasteiger partial charge in [-0.25, -0.2) is 0 Å². The van der Waals surface area contributed by atoms with E-state index in [1.165, 1.54) is 12.8 Å². The first-order valence-electron chi connectivity index (χ1n) is 9.10. The summed E-state index contributed by atoms with van der Waals surface area (Å²) in [7, 11) is 0. The zero-order chi connectivity index (χ0) is 17.5. The van der Waals surface area contributed by atoms with Crippen molar-refractivity contribution < 1.29 is 14.3 Å². The molecule has 7 heteroatoms. The van der Waals surface area contributed by atoms with E-state index in [-0.39, 0.29) is 17.9 Å². The third-order valence-corrected chi connectivity index (χ3v) is 5.59. The summed E-state index contributed by atoms with van der Waals surface area (Å²) in [6.45, 7) is 5.41. The Balaban J connectivity index is 1.44. The molecule has 0 aliphatic carbocycles. The summed E-state index contributed by atoms with van der Waals surface area (Å²) in [6, 6.07) is 1.81. The number of thiophene rings is 1. The Morgan fingerprint density at radius 3 is 2.88 bits per heavy atom.